The maximum absolute atomic E-state index is 13.2. The summed E-state index contributed by atoms with van der Waals surface area (Å²) in [5.41, 5.74) is 0. The van der Waals surface area contributed by atoms with Gasteiger partial charge in [0.2, 0.25) is 5.91 Å². The molecule has 3 N–H and O–H groups in total. The predicted molar refractivity (Wildman–Crippen MR) is 283 cm³/mol. The fourth-order valence-corrected chi connectivity index (χ4v) is 9.38. The van der Waals surface area contributed by atoms with Crippen LogP contribution in [-0.4, -0.2) is 46.9 Å². The Morgan fingerprint density at radius 2 is 0.754 bits per heavy atom. The second-order valence-corrected chi connectivity index (χ2v) is 20.4. The van der Waals surface area contributed by atoms with E-state index in [0.717, 1.165) is 51.4 Å². The van der Waals surface area contributed by atoms with Gasteiger partial charge < -0.3 is 20.3 Å². The first kappa shape index (κ1) is 63.6. The topological polar surface area (TPSA) is 95.9 Å². The molecule has 386 valence electrons. The van der Waals surface area contributed by atoms with E-state index < -0.39 is 18.2 Å². The van der Waals surface area contributed by atoms with Crippen molar-refractivity contribution in [2.75, 3.05) is 6.61 Å². The van der Waals surface area contributed by atoms with Gasteiger partial charge in [-0.3, -0.25) is 9.59 Å². The summed E-state index contributed by atoms with van der Waals surface area (Å²) < 4.78 is 5.94. The second kappa shape index (κ2) is 53.6. The van der Waals surface area contributed by atoms with Crippen molar-refractivity contribution in [3.63, 3.8) is 0 Å². The molecule has 0 fully saturated rings. The Bertz CT molecular complexity index is 986. The summed E-state index contributed by atoms with van der Waals surface area (Å²) in [6.07, 6.45) is 61.5. The quantitative estimate of drug-likeness (QED) is 0.0321. The monoisotopic (exact) mass is 918 g/mol. The molecule has 3 atom stereocenters. The summed E-state index contributed by atoms with van der Waals surface area (Å²) >= 11 is 0. The summed E-state index contributed by atoms with van der Waals surface area (Å²) in [6, 6.07) is -0.704. The zero-order valence-electron chi connectivity index (χ0n) is 44.2. The van der Waals surface area contributed by atoms with Crippen LogP contribution in [0.1, 0.15) is 329 Å². The number of esters is 1. The van der Waals surface area contributed by atoms with E-state index in [4.69, 9.17) is 4.74 Å². The molecule has 0 spiro atoms. The minimum Gasteiger partial charge on any atom is -0.462 e. The second-order valence-electron chi connectivity index (χ2n) is 20.4. The lowest BCUT2D eigenvalue weighted by Crippen LogP contribution is -2.46. The van der Waals surface area contributed by atoms with Crippen LogP contribution in [0.15, 0.2) is 12.2 Å². The van der Waals surface area contributed by atoms with Gasteiger partial charge in [0.1, 0.15) is 6.10 Å². The highest BCUT2D eigenvalue weighted by atomic mass is 16.5. The number of allylic oxidation sites excluding steroid dienone is 2. The number of aliphatic hydroxyl groups is 2. The number of nitrogens with one attached hydrogen (secondary N) is 1. The molecule has 0 saturated carbocycles. The molecule has 0 aromatic rings. The van der Waals surface area contributed by atoms with Crippen LogP contribution in [0.2, 0.25) is 0 Å². The third-order valence-electron chi connectivity index (χ3n) is 13.8. The molecule has 0 radical (unpaired) electrons. The molecular weight excluding hydrogens is 803 g/mol. The first-order valence-corrected chi connectivity index (χ1v) is 29.4. The highest BCUT2D eigenvalue weighted by Gasteiger charge is 2.24. The van der Waals surface area contributed by atoms with Gasteiger partial charge in [-0.25, -0.2) is 0 Å². The van der Waals surface area contributed by atoms with Gasteiger partial charge >= 0.3 is 5.97 Å². The van der Waals surface area contributed by atoms with Crippen molar-refractivity contribution in [3.05, 3.63) is 12.2 Å². The Morgan fingerprint density at radius 3 is 1.12 bits per heavy atom. The van der Waals surface area contributed by atoms with Gasteiger partial charge in [0.05, 0.1) is 25.2 Å². The van der Waals surface area contributed by atoms with Crippen molar-refractivity contribution in [1.82, 2.24) is 5.32 Å². The number of amides is 1. The minimum atomic E-state index is -0.789. The molecule has 0 aliphatic rings. The van der Waals surface area contributed by atoms with E-state index in [1.54, 1.807) is 0 Å². The van der Waals surface area contributed by atoms with E-state index in [0.29, 0.717) is 19.3 Å². The van der Waals surface area contributed by atoms with Crippen LogP contribution in [0.5, 0.6) is 0 Å². The maximum Gasteiger partial charge on any atom is 0.306 e. The number of unbranched alkanes of at least 4 members (excludes halogenated alkanes) is 40. The van der Waals surface area contributed by atoms with E-state index in [1.165, 1.54) is 231 Å². The molecule has 0 rings (SSSR count). The lowest BCUT2D eigenvalue weighted by molar-refractivity contribution is -0.151. The lowest BCUT2D eigenvalue weighted by atomic mass is 10.0. The van der Waals surface area contributed by atoms with Crippen molar-refractivity contribution in [1.29, 1.82) is 0 Å². The molecule has 0 aliphatic heterocycles. The molecule has 0 aliphatic carbocycles. The van der Waals surface area contributed by atoms with E-state index in [2.05, 4.69) is 38.2 Å². The fraction of sp³-hybridized carbons (Fsp3) is 0.932. The molecule has 0 heterocycles. The average Bonchev–Trinajstić information content (AvgIpc) is 3.30. The maximum atomic E-state index is 13.2. The standard InChI is InChI=1S/C59H115NO5/c1-4-7-10-13-16-19-22-24-26-28-30-32-34-37-40-43-46-49-52-59(64)65-55(50-47-44-41-38-35-21-18-15-12-9-6-3)53-58(63)60-56(54-61)57(62)51-48-45-42-39-36-33-31-29-27-25-23-20-17-14-11-8-5-2/h38,41,55-57,61-62H,4-37,39-40,42-54H2,1-3H3,(H,60,63)/b41-38-. The van der Waals surface area contributed by atoms with E-state index in [-0.39, 0.29) is 24.9 Å². The molecule has 6 nitrogen and oxygen atoms in total. The first-order valence-electron chi connectivity index (χ1n) is 29.4. The zero-order chi connectivity index (χ0) is 47.4. The summed E-state index contributed by atoms with van der Waals surface area (Å²) in [4.78, 5) is 26.2. The molecule has 65 heavy (non-hydrogen) atoms. The molecule has 0 aromatic carbocycles. The van der Waals surface area contributed by atoms with Gasteiger partial charge in [-0.1, -0.05) is 283 Å². The van der Waals surface area contributed by atoms with E-state index >= 15 is 0 Å². The van der Waals surface area contributed by atoms with Gasteiger partial charge in [-0.05, 0) is 44.9 Å². The van der Waals surface area contributed by atoms with Gasteiger partial charge in [0.15, 0.2) is 0 Å². The minimum absolute atomic E-state index is 0.0642. The number of hydrogen-bond acceptors (Lipinski definition) is 5. The van der Waals surface area contributed by atoms with Crippen molar-refractivity contribution >= 4 is 11.9 Å². The Hall–Kier alpha value is -1.40. The molecule has 1 amide bonds. The van der Waals surface area contributed by atoms with Crippen LogP contribution in [0.25, 0.3) is 0 Å². The molecule has 3 unspecified atom stereocenters. The first-order chi connectivity index (χ1) is 32.0. The van der Waals surface area contributed by atoms with E-state index in [9.17, 15) is 19.8 Å². The Kier molecular flexibility index (Phi) is 52.4. The van der Waals surface area contributed by atoms with E-state index in [1.807, 2.05) is 0 Å². The fourth-order valence-electron chi connectivity index (χ4n) is 9.38. The number of rotatable bonds is 54. The largest absolute Gasteiger partial charge is 0.462 e. The third kappa shape index (κ3) is 48.9. The Balaban J connectivity index is 4.41. The SMILES string of the molecule is CCCCCCCC/C=C\CCCC(CC(=O)NC(CO)C(O)CCCCCCCCCCCCCCCCCCC)OC(=O)CCCCCCCCCCCCCCCCCCCC. The van der Waals surface area contributed by atoms with Gasteiger partial charge in [-0.15, -0.1) is 0 Å². The average molecular weight is 919 g/mol. The Morgan fingerprint density at radius 1 is 0.431 bits per heavy atom. The van der Waals surface area contributed by atoms with Gasteiger partial charge in [0, 0.05) is 6.42 Å². The predicted octanol–water partition coefficient (Wildman–Crippen LogP) is 18.1. The summed E-state index contributed by atoms with van der Waals surface area (Å²) in [6.45, 7) is 6.51. The van der Waals surface area contributed by atoms with Crippen molar-refractivity contribution in [3.8, 4) is 0 Å². The van der Waals surface area contributed by atoms with Crippen LogP contribution in [0.3, 0.4) is 0 Å². The van der Waals surface area contributed by atoms with Crippen molar-refractivity contribution < 1.29 is 24.5 Å². The van der Waals surface area contributed by atoms with Crippen LogP contribution in [-0.2, 0) is 14.3 Å². The third-order valence-corrected chi connectivity index (χ3v) is 13.8. The normalized spacial score (nSPS) is 13.1. The highest BCUT2D eigenvalue weighted by Crippen LogP contribution is 2.19. The molecule has 0 bridgehead atoms. The number of ether oxygens (including phenoxy) is 1. The molecular formula is C59H115NO5. The van der Waals surface area contributed by atoms with Crippen LogP contribution in [0, 0.1) is 0 Å². The summed E-state index contributed by atoms with van der Waals surface area (Å²) in [5, 5.41) is 23.9. The van der Waals surface area contributed by atoms with Gasteiger partial charge in [-0.2, -0.15) is 0 Å². The summed E-state index contributed by atoms with van der Waals surface area (Å²) in [7, 11) is 0. The number of hydrogen-bond donors (Lipinski definition) is 3. The number of aliphatic hydroxyl groups excluding tert-OH is 2. The highest BCUT2D eigenvalue weighted by molar-refractivity contribution is 5.77. The lowest BCUT2D eigenvalue weighted by Gasteiger charge is -2.24. The number of carbonyl (C=O) groups is 2. The Labute approximate surface area is 406 Å². The smallest absolute Gasteiger partial charge is 0.306 e. The molecule has 6 heteroatoms. The van der Waals surface area contributed by atoms with Gasteiger partial charge in [0.25, 0.3) is 0 Å². The van der Waals surface area contributed by atoms with Crippen molar-refractivity contribution in [2.45, 2.75) is 347 Å². The zero-order valence-corrected chi connectivity index (χ0v) is 44.2. The van der Waals surface area contributed by atoms with Crippen LogP contribution < -0.4 is 5.32 Å². The van der Waals surface area contributed by atoms with Crippen LogP contribution in [0.4, 0.5) is 0 Å². The molecule has 0 saturated heterocycles. The van der Waals surface area contributed by atoms with Crippen molar-refractivity contribution in [2.24, 2.45) is 0 Å². The van der Waals surface area contributed by atoms with Crippen LogP contribution >= 0.6 is 0 Å². The molecule has 0 aromatic heterocycles. The number of carbonyl (C=O) groups excluding carboxylic acids is 2. The summed E-state index contributed by atoms with van der Waals surface area (Å²) in [5.74, 6) is -0.481.